The molecule has 0 radical (unpaired) electrons. The minimum absolute atomic E-state index is 0. The summed E-state index contributed by atoms with van der Waals surface area (Å²) >= 11 is 0. The second kappa shape index (κ2) is 62.4. The average molecular weight is 746 g/mol. The summed E-state index contributed by atoms with van der Waals surface area (Å²) in [5, 5.41) is 0. The molecule has 0 spiro atoms. The fourth-order valence-corrected chi connectivity index (χ4v) is 2.25. The van der Waals surface area contributed by atoms with Crippen molar-refractivity contribution in [1.82, 2.24) is 0 Å². The Hall–Kier alpha value is 1.77. The van der Waals surface area contributed by atoms with E-state index in [9.17, 15) is 0 Å². The van der Waals surface area contributed by atoms with Gasteiger partial charge in [-0.15, -0.1) is 0 Å². The molecular formula is C18H88O10Si10. The molecule has 0 fully saturated rings. The second-order valence-corrected chi connectivity index (χ2v) is 24.7. The zero-order chi connectivity index (χ0) is 24.8. The highest BCUT2D eigenvalue weighted by Gasteiger charge is 2.17. The monoisotopic (exact) mass is 744 g/mol. The van der Waals surface area contributed by atoms with Crippen molar-refractivity contribution in [2.75, 3.05) is 0 Å². The van der Waals surface area contributed by atoms with Gasteiger partial charge in [0.05, 0.1) is 0 Å². The standard InChI is InChI=1S/C2H12O2Si3.2C2H10O2Si2.C2H8O2Si.10CH4.2H4OSi/c1-7(2,3-5)4-6;2*1-6(2,3)4-5;1-5(2,3)4;;;;;;;;;;;2*1-2/h1-2,5-6H3;2*3H,1-2,5H3;3-4H,1-2H3;10*1H4;2*1H,2H3. The van der Waals surface area contributed by atoms with Crippen LogP contribution >= 0.6 is 0 Å². The first-order chi connectivity index (χ1) is 12.2. The minimum atomic E-state index is -2.61. The molecule has 6 N–H and O–H groups in total. The summed E-state index contributed by atoms with van der Waals surface area (Å²) in [6, 6.07) is 0. The lowest BCUT2D eigenvalue weighted by Gasteiger charge is -2.17. The first-order valence-electron chi connectivity index (χ1n) is 8.24. The van der Waals surface area contributed by atoms with Gasteiger partial charge in [0.1, 0.15) is 62.9 Å². The summed E-state index contributed by atoms with van der Waals surface area (Å²) in [6.07, 6.45) is 0. The van der Waals surface area contributed by atoms with Gasteiger partial charge in [0, 0.05) is 0 Å². The molecule has 0 unspecified atom stereocenters. The van der Waals surface area contributed by atoms with Crippen LogP contribution in [0.2, 0.25) is 52.4 Å². The highest BCUT2D eigenvalue weighted by molar-refractivity contribution is 6.70. The fourth-order valence-electron chi connectivity index (χ4n) is 0.0833. The normalized spacial score (nSPS) is 8.37. The third kappa shape index (κ3) is 269. The van der Waals surface area contributed by atoms with E-state index < -0.39 is 34.2 Å². The van der Waals surface area contributed by atoms with Crippen molar-refractivity contribution >= 4 is 97.2 Å². The van der Waals surface area contributed by atoms with Crippen LogP contribution in [-0.4, -0.2) is 126 Å². The molecule has 0 bridgehead atoms. The maximum atomic E-state index is 8.78. The van der Waals surface area contributed by atoms with E-state index in [0.29, 0.717) is 41.9 Å². The van der Waals surface area contributed by atoms with Gasteiger partial charge in [0.2, 0.25) is 0 Å². The first kappa shape index (κ1) is 106. The third-order valence-electron chi connectivity index (χ3n) is 1.98. The Balaban J connectivity index is -0.0000000107. The quantitative estimate of drug-likeness (QED) is 0.193. The Morgan fingerprint density at radius 1 is 0.368 bits per heavy atom. The number of hydrogen-bond acceptors (Lipinski definition) is 10. The molecule has 260 valence electrons. The topological polar surface area (TPSA) is 158 Å². The van der Waals surface area contributed by atoms with Crippen LogP contribution in [0.5, 0.6) is 0 Å². The Bertz CT molecular complexity index is 269. The molecule has 38 heavy (non-hydrogen) atoms. The summed E-state index contributed by atoms with van der Waals surface area (Å²) < 4.78 is 19.9. The molecule has 0 saturated carbocycles. The van der Waals surface area contributed by atoms with Crippen LogP contribution < -0.4 is 0 Å². The third-order valence-corrected chi connectivity index (χ3v) is 17.8. The van der Waals surface area contributed by atoms with Gasteiger partial charge in [-0.1, -0.05) is 74.3 Å². The van der Waals surface area contributed by atoms with Gasteiger partial charge in [-0.25, -0.2) is 0 Å². The van der Waals surface area contributed by atoms with E-state index in [0.717, 1.165) is 21.0 Å². The van der Waals surface area contributed by atoms with Crippen molar-refractivity contribution in [3.63, 3.8) is 0 Å². The lowest BCUT2D eigenvalue weighted by molar-refractivity contribution is 0.382. The summed E-state index contributed by atoms with van der Waals surface area (Å²) in [4.78, 5) is 48.3. The summed E-state index contributed by atoms with van der Waals surface area (Å²) in [6.45, 7) is 14.0. The number of hydrogen-bond donors (Lipinski definition) is 6. The maximum absolute atomic E-state index is 8.78. The van der Waals surface area contributed by atoms with Crippen molar-refractivity contribution < 1.29 is 45.2 Å². The predicted octanol–water partition coefficient (Wildman–Crippen LogP) is -1.21. The molecule has 0 amide bonds. The molecule has 0 heterocycles. The summed E-state index contributed by atoms with van der Waals surface area (Å²) in [7, 11) is -4.72. The van der Waals surface area contributed by atoms with Crippen LogP contribution in [-0.2, 0) is 16.5 Å². The second-order valence-electron chi connectivity index (χ2n) is 6.60. The van der Waals surface area contributed by atoms with Crippen molar-refractivity contribution in [2.24, 2.45) is 0 Å². The van der Waals surface area contributed by atoms with Crippen molar-refractivity contribution in [1.29, 1.82) is 0 Å². The van der Waals surface area contributed by atoms with E-state index >= 15 is 0 Å². The molecule has 20 heteroatoms. The Labute approximate surface area is 268 Å². The van der Waals surface area contributed by atoms with Gasteiger partial charge < -0.3 is 45.2 Å². The zero-order valence-electron chi connectivity index (χ0n) is 20.3. The van der Waals surface area contributed by atoms with E-state index in [4.69, 9.17) is 45.2 Å². The lowest BCUT2D eigenvalue weighted by atomic mass is 11.9. The van der Waals surface area contributed by atoms with Crippen LogP contribution in [0.4, 0.5) is 0 Å². The van der Waals surface area contributed by atoms with E-state index in [2.05, 4.69) is 13.1 Å². The molecule has 0 atom stereocenters. The van der Waals surface area contributed by atoms with Gasteiger partial charge >= 0.3 is 34.2 Å². The number of rotatable bonds is 4. The molecule has 0 aliphatic heterocycles. The van der Waals surface area contributed by atoms with Gasteiger partial charge in [0.25, 0.3) is 0 Å². The van der Waals surface area contributed by atoms with Crippen molar-refractivity contribution in [2.45, 2.75) is 127 Å². The van der Waals surface area contributed by atoms with Crippen LogP contribution in [0, 0.1) is 0 Å². The van der Waals surface area contributed by atoms with Gasteiger partial charge in [0.15, 0.2) is 0 Å². The fraction of sp³-hybridized carbons (Fsp3) is 1.00. The molecular weight excluding hydrogens is 657 g/mol. The molecule has 10 nitrogen and oxygen atoms in total. The SMILES string of the molecule is C.C.C.C.C.C.C.C.C.C.C[Si](C)(O)O.C[Si](C)(O)O[SiH3].C[Si](C)(O)O[SiH3].C[Si](C)(O[SiH3])O[SiH3].O[SiH3].O[SiH3]. The van der Waals surface area contributed by atoms with Crippen LogP contribution in [0.1, 0.15) is 74.3 Å². The lowest BCUT2D eigenvalue weighted by Crippen LogP contribution is -2.32. The largest absolute Gasteiger partial charge is 0.445 e. The molecule has 0 aromatic heterocycles. The van der Waals surface area contributed by atoms with Crippen molar-refractivity contribution in [3.05, 3.63) is 0 Å². The van der Waals surface area contributed by atoms with Crippen molar-refractivity contribution in [3.8, 4) is 0 Å². The first-order valence-corrected chi connectivity index (χ1v) is 24.7. The summed E-state index contributed by atoms with van der Waals surface area (Å²) in [5.41, 5.74) is 0. The van der Waals surface area contributed by atoms with Crippen LogP contribution in [0.15, 0.2) is 0 Å². The van der Waals surface area contributed by atoms with Gasteiger partial charge in [-0.3, -0.25) is 0 Å². The predicted molar refractivity (Wildman–Crippen MR) is 215 cm³/mol. The Morgan fingerprint density at radius 2 is 0.447 bits per heavy atom. The smallest absolute Gasteiger partial charge is 0.326 e. The highest BCUT2D eigenvalue weighted by atomic mass is 28.4. The molecule has 0 saturated heterocycles. The Morgan fingerprint density at radius 3 is 0.447 bits per heavy atom. The summed E-state index contributed by atoms with van der Waals surface area (Å²) in [5.74, 6) is 0. The molecule has 0 rings (SSSR count). The Kier molecular flexibility index (Phi) is 174. The average Bonchev–Trinajstić information content (AvgIpc) is 2.57. The van der Waals surface area contributed by atoms with Gasteiger partial charge in [-0.2, -0.15) is 0 Å². The van der Waals surface area contributed by atoms with Gasteiger partial charge in [-0.05, 0) is 52.4 Å². The molecule has 0 aliphatic rings. The van der Waals surface area contributed by atoms with Crippen LogP contribution in [0.3, 0.4) is 0 Å². The van der Waals surface area contributed by atoms with Crippen LogP contribution in [0.25, 0.3) is 0 Å². The van der Waals surface area contributed by atoms with E-state index in [1.165, 1.54) is 13.1 Å². The molecule has 0 aliphatic carbocycles. The molecule has 0 aromatic carbocycles. The highest BCUT2D eigenvalue weighted by Crippen LogP contribution is 1.99. The van der Waals surface area contributed by atoms with E-state index in [1.54, 1.807) is 26.2 Å². The van der Waals surface area contributed by atoms with E-state index in [-0.39, 0.29) is 74.3 Å². The van der Waals surface area contributed by atoms with E-state index in [1.807, 2.05) is 0 Å². The minimum Gasteiger partial charge on any atom is -0.445 e. The zero-order valence-corrected chi connectivity index (χ0v) is 36.3. The molecule has 0 aromatic rings. The maximum Gasteiger partial charge on any atom is 0.326 e.